The van der Waals surface area contributed by atoms with Crippen molar-refractivity contribution in [2.24, 2.45) is 0 Å². The van der Waals surface area contributed by atoms with Gasteiger partial charge in [0.2, 0.25) is 0 Å². The summed E-state index contributed by atoms with van der Waals surface area (Å²) in [6.45, 7) is 7.42. The molecule has 0 aliphatic carbocycles. The quantitative estimate of drug-likeness (QED) is 0.746. The molecule has 26 heavy (non-hydrogen) atoms. The summed E-state index contributed by atoms with van der Waals surface area (Å²) >= 11 is 6.38. The summed E-state index contributed by atoms with van der Waals surface area (Å²) in [5.74, 6) is 0.922. The molecular weight excluding hydrogens is 350 g/mol. The van der Waals surface area contributed by atoms with Crippen LogP contribution in [0.25, 0.3) is 16.9 Å². The van der Waals surface area contributed by atoms with Gasteiger partial charge < -0.3 is 10.1 Å². The zero-order chi connectivity index (χ0) is 17.9. The van der Waals surface area contributed by atoms with Gasteiger partial charge in [0.15, 0.2) is 5.65 Å². The van der Waals surface area contributed by atoms with E-state index in [-0.39, 0.29) is 0 Å². The molecule has 0 radical (unpaired) electrons. The van der Waals surface area contributed by atoms with Crippen LogP contribution in [0.2, 0.25) is 5.02 Å². The van der Waals surface area contributed by atoms with Crippen molar-refractivity contribution in [2.45, 2.75) is 6.92 Å². The van der Waals surface area contributed by atoms with E-state index in [2.05, 4.69) is 15.3 Å². The number of aryl methyl sites for hydroxylation is 1. The van der Waals surface area contributed by atoms with Crippen molar-refractivity contribution in [2.75, 3.05) is 44.7 Å². The molecule has 1 aliphatic heterocycles. The Kier molecular flexibility index (Phi) is 5.06. The molecule has 1 aromatic carbocycles. The summed E-state index contributed by atoms with van der Waals surface area (Å²) in [6.07, 6.45) is 1.84. The third kappa shape index (κ3) is 3.53. The zero-order valence-corrected chi connectivity index (χ0v) is 15.5. The van der Waals surface area contributed by atoms with Crippen molar-refractivity contribution in [3.05, 3.63) is 47.1 Å². The van der Waals surface area contributed by atoms with Crippen LogP contribution in [0, 0.1) is 6.92 Å². The van der Waals surface area contributed by atoms with Gasteiger partial charge in [-0.3, -0.25) is 4.90 Å². The summed E-state index contributed by atoms with van der Waals surface area (Å²) < 4.78 is 7.26. The van der Waals surface area contributed by atoms with E-state index in [9.17, 15) is 0 Å². The van der Waals surface area contributed by atoms with Gasteiger partial charge >= 0.3 is 0 Å². The SMILES string of the molecule is Cc1cnn2c(NCCN3CCOCC3)cc(-c3ccccc3Cl)nc12. The summed E-state index contributed by atoms with van der Waals surface area (Å²) in [5, 5.41) is 8.67. The number of ether oxygens (including phenoxy) is 1. The third-order valence-corrected chi connectivity index (χ3v) is 4.97. The van der Waals surface area contributed by atoms with Crippen LogP contribution in [0.15, 0.2) is 36.5 Å². The molecule has 0 bridgehead atoms. The topological polar surface area (TPSA) is 54.7 Å². The summed E-state index contributed by atoms with van der Waals surface area (Å²) in [4.78, 5) is 7.17. The molecule has 4 rings (SSSR count). The van der Waals surface area contributed by atoms with Crippen LogP contribution in [0.3, 0.4) is 0 Å². The van der Waals surface area contributed by atoms with Crippen molar-refractivity contribution in [3.8, 4) is 11.3 Å². The van der Waals surface area contributed by atoms with Crippen LogP contribution >= 0.6 is 11.6 Å². The van der Waals surface area contributed by atoms with Gasteiger partial charge in [0.05, 0.1) is 25.1 Å². The maximum Gasteiger partial charge on any atom is 0.160 e. The average molecular weight is 372 g/mol. The van der Waals surface area contributed by atoms with Gasteiger partial charge in [0, 0.05) is 48.4 Å². The second-order valence-electron chi connectivity index (χ2n) is 6.45. The first-order valence-corrected chi connectivity index (χ1v) is 9.24. The van der Waals surface area contributed by atoms with Gasteiger partial charge in [-0.2, -0.15) is 9.61 Å². The first-order chi connectivity index (χ1) is 12.7. The third-order valence-electron chi connectivity index (χ3n) is 4.64. The number of nitrogens with zero attached hydrogens (tertiary/aromatic N) is 4. The molecule has 3 heterocycles. The highest BCUT2D eigenvalue weighted by atomic mass is 35.5. The van der Waals surface area contributed by atoms with Crippen LogP contribution in [0.1, 0.15) is 5.56 Å². The fourth-order valence-corrected chi connectivity index (χ4v) is 3.40. The molecule has 1 fully saturated rings. The lowest BCUT2D eigenvalue weighted by Gasteiger charge is -2.26. The lowest BCUT2D eigenvalue weighted by Crippen LogP contribution is -2.39. The molecule has 0 spiro atoms. The van der Waals surface area contributed by atoms with E-state index in [0.717, 1.165) is 67.7 Å². The number of aromatic nitrogens is 3. The van der Waals surface area contributed by atoms with Gasteiger partial charge in [0.1, 0.15) is 5.82 Å². The molecule has 0 unspecified atom stereocenters. The van der Waals surface area contributed by atoms with Gasteiger partial charge in [-0.25, -0.2) is 4.98 Å². The molecule has 1 aliphatic rings. The molecule has 0 amide bonds. The van der Waals surface area contributed by atoms with E-state index in [1.807, 2.05) is 48.0 Å². The second kappa shape index (κ2) is 7.61. The minimum Gasteiger partial charge on any atom is -0.379 e. The number of benzene rings is 1. The highest BCUT2D eigenvalue weighted by Gasteiger charge is 2.13. The van der Waals surface area contributed by atoms with E-state index in [0.29, 0.717) is 5.02 Å². The smallest absolute Gasteiger partial charge is 0.160 e. The van der Waals surface area contributed by atoms with Gasteiger partial charge in [-0.05, 0) is 13.0 Å². The first-order valence-electron chi connectivity index (χ1n) is 8.86. The fraction of sp³-hybridized carbons (Fsp3) is 0.368. The maximum absolute atomic E-state index is 6.38. The Hall–Kier alpha value is -2.15. The predicted molar refractivity (Wildman–Crippen MR) is 104 cm³/mol. The highest BCUT2D eigenvalue weighted by Crippen LogP contribution is 2.29. The van der Waals surface area contributed by atoms with Gasteiger partial charge in [0.25, 0.3) is 0 Å². The normalized spacial score (nSPS) is 15.5. The van der Waals surface area contributed by atoms with Crippen molar-refractivity contribution < 1.29 is 4.74 Å². The van der Waals surface area contributed by atoms with Crippen LogP contribution in [0.5, 0.6) is 0 Å². The minimum atomic E-state index is 0.695. The minimum absolute atomic E-state index is 0.695. The Labute approximate surface area is 157 Å². The van der Waals surface area contributed by atoms with E-state index in [1.165, 1.54) is 0 Å². The number of rotatable bonds is 5. The van der Waals surface area contributed by atoms with E-state index in [4.69, 9.17) is 21.3 Å². The van der Waals surface area contributed by atoms with Crippen LogP contribution in [-0.2, 0) is 4.74 Å². The molecular formula is C19H22ClN5O. The fourth-order valence-electron chi connectivity index (χ4n) is 3.17. The molecule has 1 saturated heterocycles. The Morgan fingerprint density at radius 2 is 2.04 bits per heavy atom. The van der Waals surface area contributed by atoms with Crippen molar-refractivity contribution >= 4 is 23.1 Å². The van der Waals surface area contributed by atoms with E-state index < -0.39 is 0 Å². The van der Waals surface area contributed by atoms with Crippen LogP contribution in [0.4, 0.5) is 5.82 Å². The molecule has 136 valence electrons. The average Bonchev–Trinajstić information content (AvgIpc) is 3.04. The number of anilines is 1. The number of hydrogen-bond acceptors (Lipinski definition) is 5. The lowest BCUT2D eigenvalue weighted by molar-refractivity contribution is 0.0398. The summed E-state index contributed by atoms with van der Waals surface area (Å²) in [5.41, 5.74) is 3.65. The number of halogens is 1. The van der Waals surface area contributed by atoms with Crippen LogP contribution < -0.4 is 5.32 Å². The Balaban J connectivity index is 1.61. The number of nitrogens with one attached hydrogen (secondary N) is 1. The van der Waals surface area contributed by atoms with Crippen molar-refractivity contribution in [1.82, 2.24) is 19.5 Å². The maximum atomic E-state index is 6.38. The van der Waals surface area contributed by atoms with Gasteiger partial charge in [-0.1, -0.05) is 29.8 Å². The number of morpholine rings is 1. The molecule has 0 atom stereocenters. The van der Waals surface area contributed by atoms with Crippen molar-refractivity contribution in [3.63, 3.8) is 0 Å². The molecule has 7 heteroatoms. The van der Waals surface area contributed by atoms with E-state index >= 15 is 0 Å². The first kappa shape index (κ1) is 17.3. The summed E-state index contributed by atoms with van der Waals surface area (Å²) in [6, 6.07) is 9.79. The largest absolute Gasteiger partial charge is 0.379 e. The van der Waals surface area contributed by atoms with Crippen LogP contribution in [-0.4, -0.2) is 58.9 Å². The molecule has 1 N–H and O–H groups in total. The zero-order valence-electron chi connectivity index (χ0n) is 14.8. The highest BCUT2D eigenvalue weighted by molar-refractivity contribution is 6.33. The Morgan fingerprint density at radius 1 is 1.23 bits per heavy atom. The number of hydrogen-bond donors (Lipinski definition) is 1. The second-order valence-corrected chi connectivity index (χ2v) is 6.86. The molecule has 6 nitrogen and oxygen atoms in total. The molecule has 2 aromatic heterocycles. The monoisotopic (exact) mass is 371 g/mol. The van der Waals surface area contributed by atoms with E-state index in [1.54, 1.807) is 0 Å². The Morgan fingerprint density at radius 3 is 2.85 bits per heavy atom. The van der Waals surface area contributed by atoms with Gasteiger partial charge in [-0.15, -0.1) is 0 Å². The molecule has 0 saturated carbocycles. The lowest BCUT2D eigenvalue weighted by atomic mass is 10.1. The van der Waals surface area contributed by atoms with Crippen molar-refractivity contribution in [1.29, 1.82) is 0 Å². The summed E-state index contributed by atoms with van der Waals surface area (Å²) in [7, 11) is 0. The molecule has 3 aromatic rings. The standard InChI is InChI=1S/C19H22ClN5O/c1-14-13-22-25-18(21-6-7-24-8-10-26-11-9-24)12-17(23-19(14)25)15-4-2-3-5-16(15)20/h2-5,12-13,21H,6-11H2,1H3. The predicted octanol–water partition coefficient (Wildman–Crippen LogP) is 3.10. The number of fused-ring (bicyclic) bond motifs is 1. The Bertz CT molecular complexity index is 904.